The van der Waals surface area contributed by atoms with Crippen molar-refractivity contribution in [2.24, 2.45) is 0 Å². The quantitative estimate of drug-likeness (QED) is 0.603. The first-order valence-corrected chi connectivity index (χ1v) is 10.8. The van der Waals surface area contributed by atoms with Gasteiger partial charge in [0, 0.05) is 22.4 Å². The first kappa shape index (κ1) is 20.4. The third kappa shape index (κ3) is 4.75. The van der Waals surface area contributed by atoms with Crippen molar-refractivity contribution in [1.82, 2.24) is 0 Å². The molecule has 2 heterocycles. The van der Waals surface area contributed by atoms with Crippen LogP contribution in [0.25, 0.3) is 16.5 Å². The number of carbonyl (C=O) groups is 1. The molecule has 142 valence electrons. The van der Waals surface area contributed by atoms with Gasteiger partial charge in [0.1, 0.15) is 0 Å². The van der Waals surface area contributed by atoms with Gasteiger partial charge in [0.05, 0.1) is 11.2 Å². The highest BCUT2D eigenvalue weighted by Gasteiger charge is 2.52. The monoisotopic (exact) mass is 400 g/mol. The van der Waals surface area contributed by atoms with Gasteiger partial charge in [0.15, 0.2) is 5.12 Å². The first-order valence-electron chi connectivity index (χ1n) is 9.03. The fourth-order valence-corrected chi connectivity index (χ4v) is 4.31. The molecular formula is C21H25BO3S2. The van der Waals surface area contributed by atoms with Crippen LogP contribution in [0.1, 0.15) is 39.5 Å². The molecule has 1 aromatic carbocycles. The Morgan fingerprint density at radius 2 is 1.70 bits per heavy atom. The van der Waals surface area contributed by atoms with Crippen LogP contribution in [0.2, 0.25) is 0 Å². The molecule has 0 amide bonds. The van der Waals surface area contributed by atoms with E-state index in [1.807, 2.05) is 45.9 Å². The van der Waals surface area contributed by atoms with E-state index in [1.54, 1.807) is 18.3 Å². The highest BCUT2D eigenvalue weighted by molar-refractivity contribution is 8.13. The maximum Gasteiger partial charge on any atom is 0.491 e. The predicted molar refractivity (Wildman–Crippen MR) is 117 cm³/mol. The summed E-state index contributed by atoms with van der Waals surface area (Å²) in [6, 6.07) is 14.6. The van der Waals surface area contributed by atoms with Crippen molar-refractivity contribution in [2.45, 2.75) is 45.8 Å². The molecule has 0 atom stereocenters. The van der Waals surface area contributed by atoms with E-state index in [4.69, 9.17) is 9.31 Å². The molecule has 0 N–H and O–H groups in total. The van der Waals surface area contributed by atoms with Crippen LogP contribution < -0.4 is 0 Å². The molecule has 0 spiro atoms. The molecule has 1 aliphatic heterocycles. The highest BCUT2D eigenvalue weighted by Crippen LogP contribution is 2.40. The average molecular weight is 400 g/mol. The van der Waals surface area contributed by atoms with Gasteiger partial charge in [-0.2, -0.15) is 0 Å². The van der Waals surface area contributed by atoms with Gasteiger partial charge in [-0.25, -0.2) is 0 Å². The standard InChI is InChI=1S/C21H25BO3S2/c1-15(23)26-14-17(22-24-20(2,3)21(4,5)25-22)13-18-11-12-19(27-18)16-9-7-6-8-10-16/h6-13H,14H2,1-5H3. The maximum atomic E-state index is 11.5. The molecule has 27 heavy (non-hydrogen) atoms. The summed E-state index contributed by atoms with van der Waals surface area (Å²) in [5.41, 5.74) is 1.39. The van der Waals surface area contributed by atoms with Gasteiger partial charge in [0.25, 0.3) is 0 Å². The molecule has 3 rings (SSSR count). The fraction of sp³-hybridized carbons (Fsp3) is 0.381. The number of hydrogen-bond acceptors (Lipinski definition) is 5. The number of carbonyl (C=O) groups excluding carboxylic acids is 1. The number of thiophene rings is 1. The minimum Gasteiger partial charge on any atom is -0.400 e. The van der Waals surface area contributed by atoms with Crippen LogP contribution in [0.5, 0.6) is 0 Å². The Bertz CT molecular complexity index is 824. The zero-order valence-electron chi connectivity index (χ0n) is 16.4. The molecule has 2 aromatic rings. The van der Waals surface area contributed by atoms with Gasteiger partial charge in [-0.05, 0) is 56.9 Å². The molecule has 3 nitrogen and oxygen atoms in total. The molecule has 6 heteroatoms. The molecule has 0 saturated carbocycles. The largest absolute Gasteiger partial charge is 0.491 e. The summed E-state index contributed by atoms with van der Waals surface area (Å²) in [4.78, 5) is 13.9. The van der Waals surface area contributed by atoms with Crippen LogP contribution in [-0.4, -0.2) is 29.2 Å². The lowest BCUT2D eigenvalue weighted by atomic mass is 9.79. The van der Waals surface area contributed by atoms with E-state index < -0.39 is 18.3 Å². The second-order valence-corrected chi connectivity index (χ2v) is 9.92. The second-order valence-electron chi connectivity index (χ2n) is 7.66. The van der Waals surface area contributed by atoms with Crippen molar-refractivity contribution in [2.75, 3.05) is 5.75 Å². The Labute approximate surface area is 170 Å². The van der Waals surface area contributed by atoms with Crippen LogP contribution >= 0.6 is 23.1 Å². The lowest BCUT2D eigenvalue weighted by Crippen LogP contribution is -2.41. The number of benzene rings is 1. The zero-order chi connectivity index (χ0) is 19.7. The van der Waals surface area contributed by atoms with Crippen molar-refractivity contribution in [3.8, 4) is 10.4 Å². The summed E-state index contributed by atoms with van der Waals surface area (Å²) in [7, 11) is -0.441. The van der Waals surface area contributed by atoms with E-state index in [0.29, 0.717) is 5.75 Å². The van der Waals surface area contributed by atoms with Crippen LogP contribution in [0.4, 0.5) is 0 Å². The Kier molecular flexibility index (Phi) is 6.01. The van der Waals surface area contributed by atoms with Crippen LogP contribution in [0.3, 0.4) is 0 Å². The minimum absolute atomic E-state index is 0.0913. The minimum atomic E-state index is -0.441. The Morgan fingerprint density at radius 1 is 1.07 bits per heavy atom. The van der Waals surface area contributed by atoms with E-state index >= 15 is 0 Å². The smallest absolute Gasteiger partial charge is 0.400 e. The van der Waals surface area contributed by atoms with Gasteiger partial charge in [0.2, 0.25) is 0 Å². The predicted octanol–water partition coefficient (Wildman–Crippen LogP) is 5.71. The lowest BCUT2D eigenvalue weighted by Gasteiger charge is -2.32. The number of rotatable bonds is 5. The Morgan fingerprint density at radius 3 is 2.30 bits per heavy atom. The molecule has 0 bridgehead atoms. The van der Waals surface area contributed by atoms with E-state index in [-0.39, 0.29) is 5.12 Å². The normalized spacial score (nSPS) is 18.7. The van der Waals surface area contributed by atoms with Crippen LogP contribution in [0, 0.1) is 0 Å². The molecule has 0 aliphatic carbocycles. The van der Waals surface area contributed by atoms with Gasteiger partial charge in [-0.1, -0.05) is 42.1 Å². The van der Waals surface area contributed by atoms with Gasteiger partial charge in [-0.15, -0.1) is 11.3 Å². The molecule has 1 fully saturated rings. The summed E-state index contributed by atoms with van der Waals surface area (Å²) in [5.74, 6) is 0.560. The molecular weight excluding hydrogens is 375 g/mol. The molecule has 1 saturated heterocycles. The van der Waals surface area contributed by atoms with Gasteiger partial charge < -0.3 is 9.31 Å². The maximum absolute atomic E-state index is 11.5. The van der Waals surface area contributed by atoms with E-state index in [0.717, 1.165) is 10.3 Å². The average Bonchev–Trinajstić information content (AvgIpc) is 3.14. The number of thioether (sulfide) groups is 1. The third-order valence-corrected chi connectivity index (χ3v) is 6.98. The molecule has 1 aliphatic rings. The lowest BCUT2D eigenvalue weighted by molar-refractivity contribution is -0.109. The van der Waals surface area contributed by atoms with E-state index in [1.165, 1.54) is 22.2 Å². The summed E-state index contributed by atoms with van der Waals surface area (Å²) < 4.78 is 12.4. The topological polar surface area (TPSA) is 35.5 Å². The van der Waals surface area contributed by atoms with E-state index in [9.17, 15) is 4.79 Å². The molecule has 0 radical (unpaired) electrons. The summed E-state index contributed by atoms with van der Waals surface area (Å²) >= 11 is 3.01. The summed E-state index contributed by atoms with van der Waals surface area (Å²) in [6.45, 7) is 9.76. The van der Waals surface area contributed by atoms with Crippen LogP contribution in [-0.2, 0) is 14.1 Å². The zero-order valence-corrected chi connectivity index (χ0v) is 18.1. The SMILES string of the molecule is CC(=O)SCC(=Cc1ccc(-c2ccccc2)s1)B1OC(C)(C)C(C)(C)O1. The van der Waals surface area contributed by atoms with E-state index in [2.05, 4.69) is 30.3 Å². The number of hydrogen-bond donors (Lipinski definition) is 0. The highest BCUT2D eigenvalue weighted by atomic mass is 32.2. The second kappa shape index (κ2) is 7.96. The van der Waals surface area contributed by atoms with Crippen molar-refractivity contribution in [1.29, 1.82) is 0 Å². The van der Waals surface area contributed by atoms with Crippen molar-refractivity contribution < 1.29 is 14.1 Å². The molecule has 0 unspecified atom stereocenters. The third-order valence-electron chi connectivity index (χ3n) is 5.01. The Hall–Kier alpha value is -1.34. The van der Waals surface area contributed by atoms with Gasteiger partial charge in [-0.3, -0.25) is 4.79 Å². The Balaban J connectivity index is 1.87. The summed E-state index contributed by atoms with van der Waals surface area (Å²) in [5, 5.41) is 0.0913. The summed E-state index contributed by atoms with van der Waals surface area (Å²) in [6.07, 6.45) is 2.11. The van der Waals surface area contributed by atoms with Crippen LogP contribution in [0.15, 0.2) is 47.9 Å². The van der Waals surface area contributed by atoms with Crippen molar-refractivity contribution >= 4 is 41.4 Å². The van der Waals surface area contributed by atoms with Crippen molar-refractivity contribution in [3.05, 3.63) is 52.8 Å². The fourth-order valence-electron chi connectivity index (χ4n) is 2.73. The molecule has 1 aromatic heterocycles. The van der Waals surface area contributed by atoms with Crippen molar-refractivity contribution in [3.63, 3.8) is 0 Å². The van der Waals surface area contributed by atoms with Gasteiger partial charge >= 0.3 is 7.12 Å². The first-order chi connectivity index (χ1) is 12.7.